The van der Waals surface area contributed by atoms with E-state index in [9.17, 15) is 4.79 Å². The fourth-order valence-electron chi connectivity index (χ4n) is 5.21. The fourth-order valence-corrected chi connectivity index (χ4v) is 5.34. The Bertz CT molecular complexity index is 1050. The Hall–Kier alpha value is -2.59. The molecule has 30 heavy (non-hydrogen) atoms. The lowest BCUT2D eigenvalue weighted by Gasteiger charge is -2.22. The van der Waals surface area contributed by atoms with Crippen molar-refractivity contribution in [3.05, 3.63) is 71.4 Å². The number of ether oxygens (including phenoxy) is 1. The molecule has 0 aliphatic heterocycles. The summed E-state index contributed by atoms with van der Waals surface area (Å²) in [5, 5.41) is 4.96. The Morgan fingerprint density at radius 2 is 1.87 bits per heavy atom. The van der Waals surface area contributed by atoms with Crippen molar-refractivity contribution in [1.82, 2.24) is 10.3 Å². The molecule has 2 aliphatic rings. The molecular weight excluding hydrogens is 396 g/mol. The minimum Gasteiger partial charge on any atom is -0.490 e. The predicted molar refractivity (Wildman–Crippen MR) is 119 cm³/mol. The topological polar surface area (TPSA) is 51.2 Å². The van der Waals surface area contributed by atoms with Gasteiger partial charge in [0, 0.05) is 28.2 Å². The number of benzene rings is 2. The van der Waals surface area contributed by atoms with Crippen molar-refractivity contribution in [2.24, 2.45) is 17.8 Å². The van der Waals surface area contributed by atoms with Gasteiger partial charge < -0.3 is 10.1 Å². The van der Waals surface area contributed by atoms with Crippen LogP contribution in [0.3, 0.4) is 0 Å². The largest absolute Gasteiger partial charge is 0.490 e. The van der Waals surface area contributed by atoms with Gasteiger partial charge in [-0.2, -0.15) is 0 Å². The minimum atomic E-state index is -0.0143. The van der Waals surface area contributed by atoms with Gasteiger partial charge in [-0.3, -0.25) is 9.78 Å². The zero-order valence-electron chi connectivity index (χ0n) is 16.9. The third kappa shape index (κ3) is 3.65. The highest BCUT2D eigenvalue weighted by Gasteiger charge is 2.59. The van der Waals surface area contributed by atoms with E-state index in [1.54, 1.807) is 24.3 Å². The van der Waals surface area contributed by atoms with Gasteiger partial charge in [0.25, 0.3) is 5.91 Å². The number of para-hydroxylation sites is 1. The molecule has 1 aromatic heterocycles. The average Bonchev–Trinajstić information content (AvgIpc) is 3.26. The van der Waals surface area contributed by atoms with Gasteiger partial charge in [0.1, 0.15) is 5.75 Å². The molecule has 4 nitrogen and oxygen atoms in total. The third-order valence-electron chi connectivity index (χ3n) is 6.70. The van der Waals surface area contributed by atoms with Crippen LogP contribution in [-0.2, 0) is 0 Å². The number of carbonyl (C=O) groups is 1. The number of nitrogens with one attached hydrogen (secondary N) is 1. The Morgan fingerprint density at radius 3 is 2.60 bits per heavy atom. The molecule has 1 heterocycles. The van der Waals surface area contributed by atoms with Crippen LogP contribution < -0.4 is 10.1 Å². The SMILES string of the molecule is CC[C@@H](NC(=O)c1ccc(Cl)cc1)C1[C@H]2CC(Oc3ccnc4ccccc34)C[C@@H]12. The van der Waals surface area contributed by atoms with Crippen LogP contribution in [0.4, 0.5) is 0 Å². The summed E-state index contributed by atoms with van der Waals surface area (Å²) >= 11 is 5.93. The van der Waals surface area contributed by atoms with E-state index in [-0.39, 0.29) is 18.1 Å². The highest BCUT2D eigenvalue weighted by molar-refractivity contribution is 6.30. The van der Waals surface area contributed by atoms with Crippen molar-refractivity contribution < 1.29 is 9.53 Å². The van der Waals surface area contributed by atoms with Crippen LogP contribution in [0, 0.1) is 17.8 Å². The molecule has 0 radical (unpaired) electrons. The van der Waals surface area contributed by atoms with Crippen molar-refractivity contribution in [2.45, 2.75) is 38.3 Å². The molecule has 0 saturated heterocycles. The maximum atomic E-state index is 12.6. The number of hydrogen-bond donors (Lipinski definition) is 1. The molecule has 1 amide bonds. The van der Waals surface area contributed by atoms with E-state index < -0.39 is 0 Å². The fraction of sp³-hybridized carbons (Fsp3) is 0.360. The number of aromatic nitrogens is 1. The van der Waals surface area contributed by atoms with Gasteiger partial charge in [0.2, 0.25) is 0 Å². The van der Waals surface area contributed by atoms with E-state index >= 15 is 0 Å². The molecule has 2 unspecified atom stereocenters. The molecule has 5 atom stereocenters. The predicted octanol–water partition coefficient (Wildman–Crippen LogP) is 5.50. The van der Waals surface area contributed by atoms with E-state index in [4.69, 9.17) is 16.3 Å². The highest BCUT2D eigenvalue weighted by Crippen LogP contribution is 2.60. The highest BCUT2D eigenvalue weighted by atomic mass is 35.5. The molecule has 2 aliphatic carbocycles. The Balaban J connectivity index is 1.20. The van der Waals surface area contributed by atoms with Crippen LogP contribution >= 0.6 is 11.6 Å². The number of fused-ring (bicyclic) bond motifs is 2. The number of amides is 1. The number of halogens is 1. The smallest absolute Gasteiger partial charge is 0.251 e. The number of rotatable bonds is 6. The van der Waals surface area contributed by atoms with Gasteiger partial charge in [-0.25, -0.2) is 0 Å². The molecule has 1 N–H and O–H groups in total. The van der Waals surface area contributed by atoms with Crippen LogP contribution in [0.15, 0.2) is 60.8 Å². The quantitative estimate of drug-likeness (QED) is 0.572. The Labute approximate surface area is 181 Å². The molecular formula is C25H25ClN2O2. The summed E-state index contributed by atoms with van der Waals surface area (Å²) in [4.78, 5) is 17.0. The first-order valence-corrected chi connectivity index (χ1v) is 11.1. The van der Waals surface area contributed by atoms with Gasteiger partial charge in [-0.05, 0) is 79.5 Å². The summed E-state index contributed by atoms with van der Waals surface area (Å²) in [5.74, 6) is 2.74. The summed E-state index contributed by atoms with van der Waals surface area (Å²) in [7, 11) is 0. The zero-order chi connectivity index (χ0) is 20.7. The molecule has 2 aromatic carbocycles. The van der Waals surface area contributed by atoms with Gasteiger partial charge >= 0.3 is 0 Å². The van der Waals surface area contributed by atoms with Crippen molar-refractivity contribution in [3.63, 3.8) is 0 Å². The van der Waals surface area contributed by atoms with Gasteiger partial charge in [-0.15, -0.1) is 0 Å². The summed E-state index contributed by atoms with van der Waals surface area (Å²) in [6.07, 6.45) is 5.11. The molecule has 2 saturated carbocycles. The normalized spacial score (nSPS) is 25.5. The standard InChI is InChI=1S/C25H25ClN2O2/c1-2-21(28-25(29)15-7-9-16(26)10-8-15)24-19-13-17(14-20(19)24)30-23-11-12-27-22-6-4-3-5-18(22)23/h3-12,17,19-21,24H,2,13-14H2,1H3,(H,28,29)/t17?,19-,20+,21-,24?/m1/s1. The number of carbonyl (C=O) groups excluding carboxylic acids is 1. The van der Waals surface area contributed by atoms with E-state index in [0.29, 0.717) is 28.3 Å². The van der Waals surface area contributed by atoms with Crippen molar-refractivity contribution in [2.75, 3.05) is 0 Å². The molecule has 0 bridgehead atoms. The first kappa shape index (κ1) is 19.4. The summed E-state index contributed by atoms with van der Waals surface area (Å²) in [6.45, 7) is 2.15. The van der Waals surface area contributed by atoms with Crippen LogP contribution in [0.5, 0.6) is 5.75 Å². The monoisotopic (exact) mass is 420 g/mol. The van der Waals surface area contributed by atoms with Crippen molar-refractivity contribution in [1.29, 1.82) is 0 Å². The molecule has 154 valence electrons. The Kier molecular flexibility index (Phi) is 5.11. The zero-order valence-corrected chi connectivity index (χ0v) is 17.7. The molecule has 0 spiro atoms. The van der Waals surface area contributed by atoms with E-state index in [2.05, 4.69) is 23.3 Å². The van der Waals surface area contributed by atoms with Crippen molar-refractivity contribution in [3.8, 4) is 5.75 Å². The minimum absolute atomic E-state index is 0.0143. The molecule has 3 aromatic rings. The number of pyridine rings is 1. The Morgan fingerprint density at radius 1 is 1.13 bits per heavy atom. The molecule has 2 fully saturated rings. The van der Waals surface area contributed by atoms with Gasteiger partial charge in [0.15, 0.2) is 0 Å². The number of hydrogen-bond acceptors (Lipinski definition) is 3. The van der Waals surface area contributed by atoms with E-state index in [0.717, 1.165) is 35.9 Å². The summed E-state index contributed by atoms with van der Waals surface area (Å²) in [6, 6.07) is 17.3. The second-order valence-electron chi connectivity index (χ2n) is 8.44. The van der Waals surface area contributed by atoms with E-state index in [1.165, 1.54) is 0 Å². The number of nitrogens with zero attached hydrogens (tertiary/aromatic N) is 1. The summed E-state index contributed by atoms with van der Waals surface area (Å²) < 4.78 is 6.37. The first-order valence-electron chi connectivity index (χ1n) is 10.7. The first-order chi connectivity index (χ1) is 14.6. The van der Waals surface area contributed by atoms with Crippen LogP contribution in [0.2, 0.25) is 5.02 Å². The van der Waals surface area contributed by atoms with Crippen LogP contribution in [0.1, 0.15) is 36.5 Å². The maximum Gasteiger partial charge on any atom is 0.251 e. The lowest BCUT2D eigenvalue weighted by Crippen LogP contribution is -2.37. The maximum absolute atomic E-state index is 12.6. The van der Waals surface area contributed by atoms with Crippen molar-refractivity contribution >= 4 is 28.4 Å². The second-order valence-corrected chi connectivity index (χ2v) is 8.87. The van der Waals surface area contributed by atoms with E-state index in [1.807, 2.05) is 30.5 Å². The second kappa shape index (κ2) is 7.92. The lowest BCUT2D eigenvalue weighted by molar-refractivity contribution is 0.0924. The van der Waals surface area contributed by atoms with Gasteiger partial charge in [-0.1, -0.05) is 30.7 Å². The average molecular weight is 421 g/mol. The van der Waals surface area contributed by atoms with Crippen LogP contribution in [-0.4, -0.2) is 23.0 Å². The molecule has 5 rings (SSSR count). The third-order valence-corrected chi connectivity index (χ3v) is 6.95. The summed E-state index contributed by atoms with van der Waals surface area (Å²) in [5.41, 5.74) is 1.63. The van der Waals surface area contributed by atoms with Gasteiger partial charge in [0.05, 0.1) is 11.6 Å². The molecule has 5 heteroatoms. The van der Waals surface area contributed by atoms with Crippen LogP contribution in [0.25, 0.3) is 10.9 Å². The lowest BCUT2D eigenvalue weighted by atomic mass is 10.00.